The molecule has 3 aliphatic carbocycles. The van der Waals surface area contributed by atoms with Gasteiger partial charge in [0.1, 0.15) is 0 Å². The van der Waals surface area contributed by atoms with Crippen LogP contribution in [0.5, 0.6) is 0 Å². The van der Waals surface area contributed by atoms with Gasteiger partial charge in [-0.3, -0.25) is 4.72 Å². The third kappa shape index (κ3) is 3.51. The lowest BCUT2D eigenvalue weighted by atomic mass is 9.99. The van der Waals surface area contributed by atoms with E-state index in [0.717, 1.165) is 72.9 Å². The fourth-order valence-electron chi connectivity index (χ4n) is 4.72. The minimum absolute atomic E-state index is 0.428. The van der Waals surface area contributed by atoms with Crippen LogP contribution in [0.2, 0.25) is 0 Å². The van der Waals surface area contributed by atoms with Crippen molar-refractivity contribution in [2.24, 2.45) is 0 Å². The van der Waals surface area contributed by atoms with Gasteiger partial charge in [0.05, 0.1) is 5.69 Å². The molecule has 150 valence electrons. The van der Waals surface area contributed by atoms with Gasteiger partial charge in [-0.1, -0.05) is 24.3 Å². The van der Waals surface area contributed by atoms with E-state index in [1.807, 2.05) is 18.2 Å². The van der Waals surface area contributed by atoms with E-state index < -0.39 is 16.2 Å². The molecule has 0 saturated carbocycles. The van der Waals surface area contributed by atoms with Crippen molar-refractivity contribution in [2.75, 3.05) is 10.0 Å². The van der Waals surface area contributed by atoms with Crippen molar-refractivity contribution < 1.29 is 13.2 Å². The summed E-state index contributed by atoms with van der Waals surface area (Å²) in [6.07, 6.45) is 10.9. The molecule has 0 atom stereocenters. The predicted molar refractivity (Wildman–Crippen MR) is 114 cm³/mol. The molecule has 0 saturated heterocycles. The van der Waals surface area contributed by atoms with Crippen molar-refractivity contribution in [1.29, 1.82) is 0 Å². The molecule has 2 amide bonds. The summed E-state index contributed by atoms with van der Waals surface area (Å²) in [6.45, 7) is 0. The zero-order valence-corrected chi connectivity index (χ0v) is 16.9. The van der Waals surface area contributed by atoms with Crippen LogP contribution in [0.15, 0.2) is 30.3 Å². The number of benzene rings is 2. The Balaban J connectivity index is 1.33. The van der Waals surface area contributed by atoms with E-state index in [2.05, 4.69) is 20.8 Å². The standard InChI is InChI=1S/C22H23N3O3S/c26-22(23-21-19-8-2-6-16(19)12-17-7-3-9-20(17)21)25-29(27,28)24-18-11-10-14-4-1-5-15(14)13-18/h1,5,10-13,24H,2-4,6-9H2,(H2,23,25,26). The molecule has 2 aromatic rings. The Morgan fingerprint density at radius 3 is 2.34 bits per heavy atom. The maximum Gasteiger partial charge on any atom is 0.334 e. The lowest BCUT2D eigenvalue weighted by Gasteiger charge is -2.17. The molecule has 0 aromatic heterocycles. The van der Waals surface area contributed by atoms with Gasteiger partial charge in [0, 0.05) is 5.69 Å². The topological polar surface area (TPSA) is 87.3 Å². The Morgan fingerprint density at radius 2 is 1.62 bits per heavy atom. The zero-order chi connectivity index (χ0) is 20.0. The summed E-state index contributed by atoms with van der Waals surface area (Å²) < 4.78 is 29.5. The highest BCUT2D eigenvalue weighted by Crippen LogP contribution is 2.38. The number of urea groups is 1. The number of allylic oxidation sites excluding steroid dienone is 1. The molecule has 2 aromatic carbocycles. The minimum atomic E-state index is -4.04. The highest BCUT2D eigenvalue weighted by molar-refractivity contribution is 7.91. The molecule has 3 aliphatic rings. The molecule has 0 bridgehead atoms. The summed E-state index contributed by atoms with van der Waals surface area (Å²) in [6, 6.07) is 6.92. The number of rotatable bonds is 4. The van der Waals surface area contributed by atoms with Gasteiger partial charge in [-0.05, 0) is 90.5 Å². The Labute approximate surface area is 170 Å². The first-order valence-electron chi connectivity index (χ1n) is 10.1. The van der Waals surface area contributed by atoms with Crippen LogP contribution in [0.25, 0.3) is 6.08 Å². The van der Waals surface area contributed by atoms with E-state index >= 15 is 0 Å². The third-order valence-corrected chi connectivity index (χ3v) is 6.93. The number of carbonyl (C=O) groups is 1. The van der Waals surface area contributed by atoms with Crippen LogP contribution in [0.4, 0.5) is 16.2 Å². The summed E-state index contributed by atoms with van der Waals surface area (Å²) in [7, 11) is -4.04. The Kier molecular flexibility index (Phi) is 4.35. The van der Waals surface area contributed by atoms with Gasteiger partial charge in [0.25, 0.3) is 0 Å². The second kappa shape index (κ2) is 6.91. The summed E-state index contributed by atoms with van der Waals surface area (Å²) in [5.74, 6) is 0. The minimum Gasteiger partial charge on any atom is -0.307 e. The number of nitrogens with one attached hydrogen (secondary N) is 3. The van der Waals surface area contributed by atoms with E-state index in [-0.39, 0.29) is 0 Å². The normalized spacial score (nSPS) is 16.3. The van der Waals surface area contributed by atoms with Crippen LogP contribution >= 0.6 is 0 Å². The summed E-state index contributed by atoms with van der Waals surface area (Å²) >= 11 is 0. The SMILES string of the molecule is O=C(Nc1c2c(cc3c1CCC3)CCC2)NS(=O)(=O)Nc1ccc2c(c1)C=CC2. The first-order valence-corrected chi connectivity index (χ1v) is 11.5. The van der Waals surface area contributed by atoms with E-state index in [4.69, 9.17) is 0 Å². The van der Waals surface area contributed by atoms with Gasteiger partial charge >= 0.3 is 16.2 Å². The van der Waals surface area contributed by atoms with Crippen LogP contribution in [-0.4, -0.2) is 14.4 Å². The number of carbonyl (C=O) groups excluding carboxylic acids is 1. The maximum absolute atomic E-state index is 12.6. The zero-order valence-electron chi connectivity index (χ0n) is 16.0. The van der Waals surface area contributed by atoms with Crippen molar-refractivity contribution in [2.45, 2.75) is 44.9 Å². The number of aryl methyl sites for hydroxylation is 2. The smallest absolute Gasteiger partial charge is 0.307 e. The summed E-state index contributed by atoms with van der Waals surface area (Å²) in [5.41, 5.74) is 8.30. The van der Waals surface area contributed by atoms with Crippen molar-refractivity contribution in [1.82, 2.24) is 4.72 Å². The van der Waals surface area contributed by atoms with Crippen molar-refractivity contribution in [3.05, 3.63) is 63.7 Å². The first kappa shape index (κ1) is 18.2. The molecule has 5 rings (SSSR count). The van der Waals surface area contributed by atoms with Crippen LogP contribution < -0.4 is 14.8 Å². The molecule has 0 unspecified atom stereocenters. The first-order chi connectivity index (χ1) is 14.0. The number of hydrogen-bond acceptors (Lipinski definition) is 3. The lowest BCUT2D eigenvalue weighted by molar-refractivity contribution is 0.256. The van der Waals surface area contributed by atoms with Crippen molar-refractivity contribution >= 4 is 33.7 Å². The average Bonchev–Trinajstić information content (AvgIpc) is 3.40. The van der Waals surface area contributed by atoms with Crippen LogP contribution in [0.3, 0.4) is 0 Å². The number of fused-ring (bicyclic) bond motifs is 3. The molecule has 0 spiro atoms. The van der Waals surface area contributed by atoms with E-state index in [1.165, 1.54) is 11.1 Å². The predicted octanol–water partition coefficient (Wildman–Crippen LogP) is 3.71. The molecule has 0 fully saturated rings. The fourth-order valence-corrected chi connectivity index (χ4v) is 5.50. The van der Waals surface area contributed by atoms with Crippen molar-refractivity contribution in [3.8, 4) is 0 Å². The molecule has 0 heterocycles. The molecule has 6 nitrogen and oxygen atoms in total. The lowest BCUT2D eigenvalue weighted by Crippen LogP contribution is -2.38. The Morgan fingerprint density at radius 1 is 0.897 bits per heavy atom. The molecule has 29 heavy (non-hydrogen) atoms. The quantitative estimate of drug-likeness (QED) is 0.719. The van der Waals surface area contributed by atoms with Gasteiger partial charge in [-0.25, -0.2) is 9.52 Å². The Hall–Kier alpha value is -2.80. The third-order valence-electron chi connectivity index (χ3n) is 5.97. The maximum atomic E-state index is 12.6. The van der Waals surface area contributed by atoms with Crippen molar-refractivity contribution in [3.63, 3.8) is 0 Å². The number of amides is 2. The highest BCUT2D eigenvalue weighted by atomic mass is 32.2. The van der Waals surface area contributed by atoms with Gasteiger partial charge in [0.2, 0.25) is 0 Å². The van der Waals surface area contributed by atoms with Gasteiger partial charge in [-0.15, -0.1) is 0 Å². The largest absolute Gasteiger partial charge is 0.334 e. The number of hydrogen-bond donors (Lipinski definition) is 3. The second-order valence-corrected chi connectivity index (χ2v) is 9.33. The van der Waals surface area contributed by atoms with Crippen LogP contribution in [-0.2, 0) is 42.3 Å². The summed E-state index contributed by atoms with van der Waals surface area (Å²) in [5, 5.41) is 2.85. The molecule has 3 N–H and O–H groups in total. The van der Waals surface area contributed by atoms with Crippen LogP contribution in [0, 0.1) is 0 Å². The molecule has 0 radical (unpaired) electrons. The summed E-state index contributed by atoms with van der Waals surface area (Å²) in [4.78, 5) is 12.6. The molecule has 0 aliphatic heterocycles. The highest BCUT2D eigenvalue weighted by Gasteiger charge is 2.26. The molecular formula is C22H23N3O3S. The van der Waals surface area contributed by atoms with E-state index in [1.54, 1.807) is 12.1 Å². The second-order valence-electron chi connectivity index (χ2n) is 7.92. The average molecular weight is 410 g/mol. The van der Waals surface area contributed by atoms with Gasteiger partial charge < -0.3 is 5.32 Å². The fraction of sp³-hybridized carbons (Fsp3) is 0.318. The van der Waals surface area contributed by atoms with Crippen LogP contribution in [0.1, 0.15) is 46.2 Å². The van der Waals surface area contributed by atoms with E-state index in [9.17, 15) is 13.2 Å². The Bertz CT molecular complexity index is 1120. The number of anilines is 2. The van der Waals surface area contributed by atoms with E-state index in [0.29, 0.717) is 5.69 Å². The molecular weight excluding hydrogens is 386 g/mol. The van der Waals surface area contributed by atoms with Gasteiger partial charge in [-0.2, -0.15) is 8.42 Å². The molecule has 7 heteroatoms. The monoisotopic (exact) mass is 409 g/mol. The van der Waals surface area contributed by atoms with Gasteiger partial charge in [0.15, 0.2) is 0 Å².